The number of anilines is 1. The van der Waals surface area contributed by atoms with Crippen molar-refractivity contribution in [1.82, 2.24) is 14.9 Å². The van der Waals surface area contributed by atoms with E-state index in [1.807, 2.05) is 48.2 Å². The molecule has 2 fully saturated rings. The van der Waals surface area contributed by atoms with E-state index in [0.29, 0.717) is 32.5 Å². The molecule has 0 aliphatic carbocycles. The van der Waals surface area contributed by atoms with E-state index in [4.69, 9.17) is 4.74 Å². The zero-order valence-corrected chi connectivity index (χ0v) is 18.1. The van der Waals surface area contributed by atoms with Crippen LogP contribution in [-0.4, -0.2) is 59.5 Å². The number of piperidine rings is 2. The van der Waals surface area contributed by atoms with Gasteiger partial charge in [0.15, 0.2) is 0 Å². The molecule has 0 atom stereocenters. The van der Waals surface area contributed by atoms with Crippen molar-refractivity contribution in [1.29, 1.82) is 0 Å². The third kappa shape index (κ3) is 5.03. The predicted octanol–water partition coefficient (Wildman–Crippen LogP) is 3.16. The summed E-state index contributed by atoms with van der Waals surface area (Å²) in [5.41, 5.74) is 1.98. The van der Waals surface area contributed by atoms with Gasteiger partial charge >= 0.3 is 5.97 Å². The van der Waals surface area contributed by atoms with Crippen LogP contribution < -0.4 is 4.90 Å². The van der Waals surface area contributed by atoms with Crippen LogP contribution in [0, 0.1) is 11.8 Å². The quantitative estimate of drug-likeness (QED) is 0.689. The van der Waals surface area contributed by atoms with E-state index in [0.717, 1.165) is 43.0 Å². The second-order valence-corrected chi connectivity index (χ2v) is 8.24. The van der Waals surface area contributed by atoms with Gasteiger partial charge in [0.1, 0.15) is 12.1 Å². The van der Waals surface area contributed by atoms with Gasteiger partial charge in [0.25, 0.3) is 0 Å². The van der Waals surface area contributed by atoms with Crippen LogP contribution in [0.25, 0.3) is 11.3 Å². The van der Waals surface area contributed by atoms with E-state index in [1.54, 1.807) is 6.33 Å². The average molecular weight is 423 g/mol. The Bertz CT molecular complexity index is 889. The number of amides is 1. The Morgan fingerprint density at radius 2 is 1.65 bits per heavy atom. The van der Waals surface area contributed by atoms with Gasteiger partial charge in [0, 0.05) is 43.7 Å². The lowest BCUT2D eigenvalue weighted by atomic mass is 9.92. The molecule has 3 heterocycles. The maximum Gasteiger partial charge on any atom is 0.309 e. The molecule has 0 unspecified atom stereocenters. The predicted molar refractivity (Wildman–Crippen MR) is 118 cm³/mol. The van der Waals surface area contributed by atoms with Crippen molar-refractivity contribution >= 4 is 17.7 Å². The SMILES string of the molecule is CCOC(=O)C1CCN(C(=O)C2CCN(c3cc(-c4ccccc4)ncn3)CC2)CC1. The maximum atomic E-state index is 13.0. The van der Waals surface area contributed by atoms with E-state index < -0.39 is 0 Å². The van der Waals surface area contributed by atoms with E-state index in [2.05, 4.69) is 14.9 Å². The number of carbonyl (C=O) groups excluding carboxylic acids is 2. The molecule has 0 N–H and O–H groups in total. The molecule has 31 heavy (non-hydrogen) atoms. The van der Waals surface area contributed by atoms with Crippen LogP contribution in [0.3, 0.4) is 0 Å². The van der Waals surface area contributed by atoms with Crippen molar-refractivity contribution in [3.8, 4) is 11.3 Å². The largest absolute Gasteiger partial charge is 0.466 e. The maximum absolute atomic E-state index is 13.0. The topological polar surface area (TPSA) is 75.6 Å². The molecule has 2 aromatic rings. The van der Waals surface area contributed by atoms with Crippen LogP contribution in [0.4, 0.5) is 5.82 Å². The van der Waals surface area contributed by atoms with E-state index in [-0.39, 0.29) is 23.7 Å². The molecule has 4 rings (SSSR count). The lowest BCUT2D eigenvalue weighted by molar-refractivity contribution is -0.151. The number of hydrogen-bond donors (Lipinski definition) is 0. The summed E-state index contributed by atoms with van der Waals surface area (Å²) in [7, 11) is 0. The van der Waals surface area contributed by atoms with Crippen LogP contribution in [0.1, 0.15) is 32.6 Å². The molecule has 2 aliphatic rings. The Balaban J connectivity index is 1.30. The van der Waals surface area contributed by atoms with Crippen molar-refractivity contribution in [2.45, 2.75) is 32.6 Å². The zero-order valence-electron chi connectivity index (χ0n) is 18.1. The van der Waals surface area contributed by atoms with Crippen molar-refractivity contribution < 1.29 is 14.3 Å². The first kappa shape index (κ1) is 21.3. The molecule has 0 bridgehead atoms. The molecule has 0 saturated carbocycles. The molecule has 164 valence electrons. The summed E-state index contributed by atoms with van der Waals surface area (Å²) >= 11 is 0. The molecule has 7 heteroatoms. The first-order valence-electron chi connectivity index (χ1n) is 11.2. The van der Waals surface area contributed by atoms with Crippen molar-refractivity contribution in [2.24, 2.45) is 11.8 Å². The number of benzene rings is 1. The summed E-state index contributed by atoms with van der Waals surface area (Å²) < 4.78 is 5.13. The Kier molecular flexibility index (Phi) is 6.79. The number of rotatable bonds is 5. The molecular weight excluding hydrogens is 392 g/mol. The fourth-order valence-corrected chi connectivity index (χ4v) is 4.50. The van der Waals surface area contributed by atoms with Crippen LogP contribution in [0.5, 0.6) is 0 Å². The number of esters is 1. The Labute approximate surface area is 183 Å². The van der Waals surface area contributed by atoms with Crippen molar-refractivity contribution in [3.63, 3.8) is 0 Å². The highest BCUT2D eigenvalue weighted by atomic mass is 16.5. The van der Waals surface area contributed by atoms with E-state index in [9.17, 15) is 9.59 Å². The van der Waals surface area contributed by atoms with Gasteiger partial charge in [0.05, 0.1) is 18.2 Å². The number of nitrogens with zero attached hydrogens (tertiary/aromatic N) is 4. The average Bonchev–Trinajstić information content (AvgIpc) is 2.84. The second-order valence-electron chi connectivity index (χ2n) is 8.24. The molecule has 0 radical (unpaired) electrons. The van der Waals surface area contributed by atoms with Crippen molar-refractivity contribution in [2.75, 3.05) is 37.7 Å². The van der Waals surface area contributed by atoms with Gasteiger partial charge in [-0.2, -0.15) is 0 Å². The number of hydrogen-bond acceptors (Lipinski definition) is 6. The third-order valence-electron chi connectivity index (χ3n) is 6.32. The van der Waals surface area contributed by atoms with Crippen LogP contribution in [-0.2, 0) is 14.3 Å². The molecule has 2 aliphatic heterocycles. The minimum Gasteiger partial charge on any atom is -0.466 e. The van der Waals surface area contributed by atoms with E-state index >= 15 is 0 Å². The monoisotopic (exact) mass is 422 g/mol. The minimum absolute atomic E-state index is 0.0471. The van der Waals surface area contributed by atoms with Gasteiger partial charge in [0.2, 0.25) is 5.91 Å². The second kappa shape index (κ2) is 9.90. The standard InChI is InChI=1S/C24H30N4O3/c1-2-31-24(30)20-10-14-28(15-11-20)23(29)19-8-12-27(13-9-19)22-16-21(25-17-26-22)18-6-4-3-5-7-18/h3-7,16-17,19-20H,2,8-15H2,1H3. The smallest absolute Gasteiger partial charge is 0.309 e. The number of carbonyl (C=O) groups is 2. The fourth-order valence-electron chi connectivity index (χ4n) is 4.50. The summed E-state index contributed by atoms with van der Waals surface area (Å²) in [5, 5.41) is 0. The van der Waals surface area contributed by atoms with Gasteiger partial charge in [-0.25, -0.2) is 9.97 Å². The highest BCUT2D eigenvalue weighted by Gasteiger charge is 2.33. The summed E-state index contributed by atoms with van der Waals surface area (Å²) in [6.07, 6.45) is 4.66. The highest BCUT2D eigenvalue weighted by Crippen LogP contribution is 2.27. The number of ether oxygens (including phenoxy) is 1. The minimum atomic E-state index is -0.123. The van der Waals surface area contributed by atoms with Gasteiger partial charge in [-0.1, -0.05) is 30.3 Å². The lowest BCUT2D eigenvalue weighted by Gasteiger charge is -2.37. The van der Waals surface area contributed by atoms with Gasteiger partial charge in [-0.15, -0.1) is 0 Å². The molecule has 1 aromatic heterocycles. The van der Waals surface area contributed by atoms with Crippen LogP contribution in [0.15, 0.2) is 42.7 Å². The molecule has 7 nitrogen and oxygen atoms in total. The van der Waals surface area contributed by atoms with Gasteiger partial charge in [-0.05, 0) is 32.6 Å². The normalized spacial score (nSPS) is 18.1. The van der Waals surface area contributed by atoms with E-state index in [1.165, 1.54) is 0 Å². The molecular formula is C24H30N4O3. The Morgan fingerprint density at radius 1 is 0.968 bits per heavy atom. The molecule has 1 amide bonds. The molecule has 1 aromatic carbocycles. The zero-order chi connectivity index (χ0) is 21.6. The summed E-state index contributed by atoms with van der Waals surface area (Å²) in [4.78, 5) is 38.0. The third-order valence-corrected chi connectivity index (χ3v) is 6.32. The number of aromatic nitrogens is 2. The lowest BCUT2D eigenvalue weighted by Crippen LogP contribution is -2.46. The summed E-state index contributed by atoms with van der Waals surface area (Å²) in [6, 6.07) is 12.1. The highest BCUT2D eigenvalue weighted by molar-refractivity contribution is 5.80. The van der Waals surface area contributed by atoms with Crippen LogP contribution in [0.2, 0.25) is 0 Å². The Morgan fingerprint density at radius 3 is 2.32 bits per heavy atom. The summed E-state index contributed by atoms with van der Waals surface area (Å²) in [6.45, 7) is 5.15. The van der Waals surface area contributed by atoms with Crippen molar-refractivity contribution in [3.05, 3.63) is 42.7 Å². The fraction of sp³-hybridized carbons (Fsp3) is 0.500. The van der Waals surface area contributed by atoms with Gasteiger partial charge < -0.3 is 14.5 Å². The van der Waals surface area contributed by atoms with Crippen LogP contribution >= 0.6 is 0 Å². The Hall–Kier alpha value is -2.96. The molecule has 2 saturated heterocycles. The number of likely N-dealkylation sites (tertiary alicyclic amines) is 1. The molecule has 0 spiro atoms. The first-order chi connectivity index (χ1) is 15.2. The first-order valence-corrected chi connectivity index (χ1v) is 11.2. The summed E-state index contributed by atoms with van der Waals surface area (Å²) in [5.74, 6) is 1.00. The van der Waals surface area contributed by atoms with Gasteiger partial charge in [-0.3, -0.25) is 9.59 Å².